The highest BCUT2D eigenvalue weighted by molar-refractivity contribution is 6.46. The Morgan fingerprint density at radius 2 is 1.68 bits per heavy atom. The van der Waals surface area contributed by atoms with Crippen molar-refractivity contribution in [2.24, 2.45) is 0 Å². The van der Waals surface area contributed by atoms with Gasteiger partial charge in [-0.1, -0.05) is 43.0 Å². The zero-order valence-electron chi connectivity index (χ0n) is 16.8. The van der Waals surface area contributed by atoms with Crippen LogP contribution in [-0.2, 0) is 9.59 Å². The van der Waals surface area contributed by atoms with Gasteiger partial charge >= 0.3 is 0 Å². The van der Waals surface area contributed by atoms with Crippen LogP contribution >= 0.6 is 11.6 Å². The predicted molar refractivity (Wildman–Crippen MR) is 115 cm³/mol. The average Bonchev–Trinajstić information content (AvgIpc) is 3.36. The molecule has 2 aromatic rings. The number of aliphatic hydroxyl groups excluding tert-OH is 1. The summed E-state index contributed by atoms with van der Waals surface area (Å²) < 4.78 is 10.7. The predicted octanol–water partition coefficient (Wildman–Crippen LogP) is 4.82. The molecule has 1 aliphatic carbocycles. The Bertz CT molecular complexity index is 1070. The third-order valence-electron chi connectivity index (χ3n) is 6.28. The van der Waals surface area contributed by atoms with Crippen LogP contribution in [0.25, 0.3) is 5.76 Å². The molecule has 0 bridgehead atoms. The largest absolute Gasteiger partial charge is 0.507 e. The fraction of sp³-hybridized carbons (Fsp3) is 0.333. The van der Waals surface area contributed by atoms with Gasteiger partial charge in [0, 0.05) is 16.6 Å². The van der Waals surface area contributed by atoms with Crippen molar-refractivity contribution in [1.82, 2.24) is 4.90 Å². The molecule has 2 aliphatic heterocycles. The van der Waals surface area contributed by atoms with Gasteiger partial charge in [0.15, 0.2) is 11.5 Å². The molecule has 0 spiro atoms. The van der Waals surface area contributed by atoms with E-state index in [9.17, 15) is 14.7 Å². The first kappa shape index (κ1) is 19.9. The van der Waals surface area contributed by atoms with Crippen molar-refractivity contribution in [1.29, 1.82) is 0 Å². The van der Waals surface area contributed by atoms with Gasteiger partial charge in [0.05, 0.1) is 11.6 Å². The Labute approximate surface area is 185 Å². The quantitative estimate of drug-likeness (QED) is 0.421. The van der Waals surface area contributed by atoms with E-state index >= 15 is 0 Å². The summed E-state index contributed by atoms with van der Waals surface area (Å²) in [5.41, 5.74) is 1.25. The summed E-state index contributed by atoms with van der Waals surface area (Å²) in [7, 11) is 0. The van der Waals surface area contributed by atoms with Gasteiger partial charge in [-0.05, 0) is 48.7 Å². The fourth-order valence-electron chi connectivity index (χ4n) is 4.76. The van der Waals surface area contributed by atoms with Gasteiger partial charge in [0.2, 0.25) is 6.79 Å². The molecule has 2 fully saturated rings. The zero-order chi connectivity index (χ0) is 21.5. The molecule has 7 heteroatoms. The lowest BCUT2D eigenvalue weighted by atomic mass is 9.91. The number of aliphatic hydroxyl groups is 1. The third kappa shape index (κ3) is 3.45. The second-order valence-corrected chi connectivity index (χ2v) is 8.55. The van der Waals surface area contributed by atoms with E-state index in [-0.39, 0.29) is 24.2 Å². The van der Waals surface area contributed by atoms with Gasteiger partial charge in [-0.2, -0.15) is 0 Å². The summed E-state index contributed by atoms with van der Waals surface area (Å²) in [5, 5.41) is 11.8. The standard InChI is InChI=1S/C24H22ClNO5/c25-16-9-6-14(7-10-16)21-20(22(27)15-8-11-18-19(12-15)31-13-30-18)23(28)24(29)26(21)17-4-2-1-3-5-17/h6-12,17,21,27H,1-5,13H2/b22-20-. The van der Waals surface area contributed by atoms with Crippen LogP contribution in [0.5, 0.6) is 11.5 Å². The Kier molecular flexibility index (Phi) is 5.10. The summed E-state index contributed by atoms with van der Waals surface area (Å²) in [6.45, 7) is 0.108. The van der Waals surface area contributed by atoms with Gasteiger partial charge in [-0.25, -0.2) is 0 Å². The second-order valence-electron chi connectivity index (χ2n) is 8.12. The molecular formula is C24H22ClNO5. The number of amides is 1. The lowest BCUT2D eigenvalue weighted by Gasteiger charge is -2.35. The van der Waals surface area contributed by atoms with Crippen molar-refractivity contribution >= 4 is 29.1 Å². The summed E-state index contributed by atoms with van der Waals surface area (Å²) >= 11 is 6.08. The molecule has 1 atom stereocenters. The third-order valence-corrected chi connectivity index (χ3v) is 6.53. The normalized spacial score (nSPS) is 22.9. The van der Waals surface area contributed by atoms with E-state index in [1.54, 1.807) is 35.2 Å². The first-order chi connectivity index (χ1) is 15.0. The molecule has 5 rings (SSSR count). The highest BCUT2D eigenvalue weighted by Gasteiger charge is 2.48. The fourth-order valence-corrected chi connectivity index (χ4v) is 4.88. The minimum absolute atomic E-state index is 0.0343. The van der Waals surface area contributed by atoms with Crippen molar-refractivity contribution in [2.45, 2.75) is 44.2 Å². The van der Waals surface area contributed by atoms with Crippen LogP contribution in [0, 0.1) is 0 Å². The summed E-state index contributed by atoms with van der Waals surface area (Å²) in [5.74, 6) is -0.369. The van der Waals surface area contributed by atoms with Gasteiger partial charge in [0.1, 0.15) is 5.76 Å². The maximum Gasteiger partial charge on any atom is 0.295 e. The molecular weight excluding hydrogens is 418 g/mol. The van der Waals surface area contributed by atoms with E-state index in [1.807, 2.05) is 12.1 Å². The van der Waals surface area contributed by atoms with Crippen LogP contribution in [-0.4, -0.2) is 34.5 Å². The van der Waals surface area contributed by atoms with Crippen LogP contribution in [0.3, 0.4) is 0 Å². The maximum absolute atomic E-state index is 13.2. The van der Waals surface area contributed by atoms with Gasteiger partial charge in [-0.15, -0.1) is 0 Å². The number of Topliss-reactive ketones (excluding diaryl/α,β-unsaturated/α-hetero) is 1. The van der Waals surface area contributed by atoms with Crippen molar-refractivity contribution < 1.29 is 24.2 Å². The zero-order valence-corrected chi connectivity index (χ0v) is 17.6. The number of ketones is 1. The molecule has 6 nitrogen and oxygen atoms in total. The number of carbonyl (C=O) groups is 2. The smallest absolute Gasteiger partial charge is 0.295 e. The number of carbonyl (C=O) groups excluding carboxylic acids is 2. The Morgan fingerprint density at radius 1 is 0.968 bits per heavy atom. The number of hydrogen-bond donors (Lipinski definition) is 1. The van der Waals surface area contributed by atoms with E-state index in [4.69, 9.17) is 21.1 Å². The van der Waals surface area contributed by atoms with Crippen LogP contribution < -0.4 is 9.47 Å². The Balaban J connectivity index is 1.64. The summed E-state index contributed by atoms with van der Waals surface area (Å²) in [4.78, 5) is 28.0. The number of fused-ring (bicyclic) bond motifs is 1. The lowest BCUT2D eigenvalue weighted by Crippen LogP contribution is -2.40. The average molecular weight is 440 g/mol. The molecule has 1 unspecified atom stereocenters. The maximum atomic E-state index is 13.2. The highest BCUT2D eigenvalue weighted by atomic mass is 35.5. The first-order valence-corrected chi connectivity index (χ1v) is 10.9. The number of halogens is 1. The molecule has 160 valence electrons. The number of benzene rings is 2. The molecule has 1 amide bonds. The molecule has 1 saturated carbocycles. The number of likely N-dealkylation sites (tertiary alicyclic amines) is 1. The topological polar surface area (TPSA) is 76.1 Å². The molecule has 2 heterocycles. The molecule has 1 saturated heterocycles. The van der Waals surface area contributed by atoms with Crippen LogP contribution in [0.1, 0.15) is 49.3 Å². The molecule has 0 aromatic heterocycles. The van der Waals surface area contributed by atoms with Crippen molar-refractivity contribution in [2.75, 3.05) is 6.79 Å². The highest BCUT2D eigenvalue weighted by Crippen LogP contribution is 2.44. The summed E-state index contributed by atoms with van der Waals surface area (Å²) in [6.07, 6.45) is 4.86. The minimum atomic E-state index is -0.666. The van der Waals surface area contributed by atoms with Crippen molar-refractivity contribution in [3.63, 3.8) is 0 Å². The van der Waals surface area contributed by atoms with E-state index < -0.39 is 17.7 Å². The lowest BCUT2D eigenvalue weighted by molar-refractivity contribution is -0.141. The van der Waals surface area contributed by atoms with Crippen molar-refractivity contribution in [3.05, 3.63) is 64.2 Å². The van der Waals surface area contributed by atoms with Gasteiger partial charge in [-0.3, -0.25) is 9.59 Å². The minimum Gasteiger partial charge on any atom is -0.507 e. The van der Waals surface area contributed by atoms with Crippen molar-refractivity contribution in [3.8, 4) is 11.5 Å². The van der Waals surface area contributed by atoms with E-state index in [0.717, 1.165) is 37.7 Å². The number of rotatable bonds is 3. The molecule has 1 N–H and O–H groups in total. The van der Waals surface area contributed by atoms with E-state index in [1.165, 1.54) is 0 Å². The molecule has 3 aliphatic rings. The molecule has 2 aromatic carbocycles. The Morgan fingerprint density at radius 3 is 2.42 bits per heavy atom. The molecule has 0 radical (unpaired) electrons. The monoisotopic (exact) mass is 439 g/mol. The molecule has 31 heavy (non-hydrogen) atoms. The SMILES string of the molecule is O=C1C(=O)N(C2CCCCC2)C(c2ccc(Cl)cc2)/C1=C(/O)c1ccc2c(c1)OCO2. The van der Waals surface area contributed by atoms with Crippen LogP contribution in [0.2, 0.25) is 5.02 Å². The van der Waals surface area contributed by atoms with Crippen LogP contribution in [0.4, 0.5) is 0 Å². The van der Waals surface area contributed by atoms with E-state index in [0.29, 0.717) is 22.1 Å². The second kappa shape index (κ2) is 7.93. The number of nitrogens with zero attached hydrogens (tertiary/aromatic N) is 1. The Hall–Kier alpha value is -2.99. The number of hydrogen-bond acceptors (Lipinski definition) is 5. The summed E-state index contributed by atoms with van der Waals surface area (Å²) in [6, 6.07) is 11.4. The first-order valence-electron chi connectivity index (χ1n) is 10.5. The van der Waals surface area contributed by atoms with E-state index in [2.05, 4.69) is 0 Å². The van der Waals surface area contributed by atoms with Crippen LogP contribution in [0.15, 0.2) is 48.0 Å². The van der Waals surface area contributed by atoms with Gasteiger partial charge in [0.25, 0.3) is 11.7 Å². The number of ether oxygens (including phenoxy) is 2. The van der Waals surface area contributed by atoms with Gasteiger partial charge < -0.3 is 19.5 Å².